The maximum atomic E-state index is 6.15. The molecule has 17 heavy (non-hydrogen) atoms. The first-order chi connectivity index (χ1) is 8.33. The van der Waals surface area contributed by atoms with Gasteiger partial charge in [-0.25, -0.2) is 4.98 Å². The van der Waals surface area contributed by atoms with E-state index in [4.69, 9.17) is 10.5 Å². The second-order valence-corrected chi connectivity index (χ2v) is 6.02. The lowest BCUT2D eigenvalue weighted by Crippen LogP contribution is -2.65. The highest BCUT2D eigenvalue weighted by Crippen LogP contribution is 2.41. The van der Waals surface area contributed by atoms with Gasteiger partial charge in [0.2, 0.25) is 5.13 Å². The Morgan fingerprint density at radius 2 is 2.24 bits per heavy atom. The minimum atomic E-state index is 0.204. The number of hydrogen-bond donors (Lipinski definition) is 2. The van der Waals surface area contributed by atoms with Crippen LogP contribution in [0.3, 0.4) is 0 Å². The highest BCUT2D eigenvalue weighted by atomic mass is 32.1. The lowest BCUT2D eigenvalue weighted by atomic mass is 9.72. The van der Waals surface area contributed by atoms with Crippen LogP contribution in [0.25, 0.3) is 0 Å². The lowest BCUT2D eigenvalue weighted by molar-refractivity contribution is 0.00537. The molecular weight excluding hydrogens is 236 g/mol. The van der Waals surface area contributed by atoms with Crippen LogP contribution in [0.1, 0.15) is 31.0 Å². The summed E-state index contributed by atoms with van der Waals surface area (Å²) < 4.78 is 10.1. The Bertz CT molecular complexity index is 433. The molecule has 0 aromatic carbocycles. The molecule has 2 aliphatic carbocycles. The fraction of sp³-hybridized carbons (Fsp3) is 0.818. The van der Waals surface area contributed by atoms with Crippen molar-refractivity contribution in [1.29, 1.82) is 0 Å². The first kappa shape index (κ1) is 10.2. The van der Waals surface area contributed by atoms with Crippen molar-refractivity contribution < 1.29 is 4.74 Å². The van der Waals surface area contributed by atoms with E-state index in [2.05, 4.69) is 14.7 Å². The van der Waals surface area contributed by atoms with Crippen molar-refractivity contribution >= 4 is 16.7 Å². The molecule has 4 unspecified atom stereocenters. The van der Waals surface area contributed by atoms with Gasteiger partial charge in [-0.05, 0) is 19.3 Å². The van der Waals surface area contributed by atoms with Gasteiger partial charge in [-0.1, -0.05) is 0 Å². The number of anilines is 1. The molecule has 6 heteroatoms. The maximum Gasteiger partial charge on any atom is 0.202 e. The normalized spacial score (nSPS) is 39.8. The smallest absolute Gasteiger partial charge is 0.202 e. The van der Waals surface area contributed by atoms with Crippen LogP contribution >= 0.6 is 11.5 Å². The molecular formula is C11H16N4OS. The number of nitrogens with one attached hydrogen (secondary N) is 1. The SMILES string of the molecule is NC1C2CCOC2C1Nc1nc(C2CC2)ns1. The minimum absolute atomic E-state index is 0.204. The van der Waals surface area contributed by atoms with Crippen LogP contribution in [-0.4, -0.2) is 34.2 Å². The lowest BCUT2D eigenvalue weighted by Gasteiger charge is -2.45. The molecule has 3 fully saturated rings. The maximum absolute atomic E-state index is 6.15. The number of aromatic nitrogens is 2. The number of rotatable bonds is 3. The van der Waals surface area contributed by atoms with E-state index >= 15 is 0 Å². The predicted molar refractivity (Wildman–Crippen MR) is 65.1 cm³/mol. The van der Waals surface area contributed by atoms with Crippen molar-refractivity contribution in [2.75, 3.05) is 11.9 Å². The third-order valence-corrected chi connectivity index (χ3v) is 4.78. The zero-order valence-electron chi connectivity index (χ0n) is 9.50. The van der Waals surface area contributed by atoms with Gasteiger partial charge in [-0.3, -0.25) is 0 Å². The Hall–Kier alpha value is -0.720. The molecule has 1 aromatic rings. The fourth-order valence-corrected chi connectivity index (χ4v) is 3.56. The number of nitrogens with two attached hydrogens (primary N) is 1. The van der Waals surface area contributed by atoms with Crippen LogP contribution in [0.2, 0.25) is 0 Å². The summed E-state index contributed by atoms with van der Waals surface area (Å²) >= 11 is 1.45. The van der Waals surface area contributed by atoms with E-state index in [1.165, 1.54) is 24.4 Å². The molecule has 1 saturated heterocycles. The Morgan fingerprint density at radius 3 is 3.06 bits per heavy atom. The summed E-state index contributed by atoms with van der Waals surface area (Å²) in [6, 6.07) is 0.429. The summed E-state index contributed by atoms with van der Waals surface area (Å²) in [6.45, 7) is 0.852. The summed E-state index contributed by atoms with van der Waals surface area (Å²) in [4.78, 5) is 4.53. The van der Waals surface area contributed by atoms with Gasteiger partial charge in [0.15, 0.2) is 0 Å². The van der Waals surface area contributed by atoms with Gasteiger partial charge in [-0.2, -0.15) is 4.37 Å². The highest BCUT2D eigenvalue weighted by Gasteiger charge is 2.52. The second-order valence-electron chi connectivity index (χ2n) is 5.27. The molecule has 2 saturated carbocycles. The Morgan fingerprint density at radius 1 is 1.35 bits per heavy atom. The van der Waals surface area contributed by atoms with Crippen molar-refractivity contribution in [2.24, 2.45) is 11.7 Å². The minimum Gasteiger partial charge on any atom is -0.376 e. The monoisotopic (exact) mass is 252 g/mol. The van der Waals surface area contributed by atoms with Gasteiger partial charge in [0.1, 0.15) is 5.82 Å². The quantitative estimate of drug-likeness (QED) is 0.837. The third kappa shape index (κ3) is 1.58. The zero-order chi connectivity index (χ0) is 11.4. The van der Waals surface area contributed by atoms with Gasteiger partial charge in [-0.15, -0.1) is 0 Å². The van der Waals surface area contributed by atoms with Crippen LogP contribution in [-0.2, 0) is 4.74 Å². The molecule has 92 valence electrons. The molecule has 4 atom stereocenters. The van der Waals surface area contributed by atoms with Gasteiger partial charge in [0, 0.05) is 36.0 Å². The van der Waals surface area contributed by atoms with E-state index in [9.17, 15) is 0 Å². The molecule has 1 aromatic heterocycles. The van der Waals surface area contributed by atoms with Crippen LogP contribution in [0.5, 0.6) is 0 Å². The van der Waals surface area contributed by atoms with E-state index in [1.807, 2.05) is 0 Å². The van der Waals surface area contributed by atoms with Crippen molar-refractivity contribution in [3.63, 3.8) is 0 Å². The molecule has 0 amide bonds. The van der Waals surface area contributed by atoms with Gasteiger partial charge in [0.05, 0.1) is 12.1 Å². The molecule has 3 aliphatic rings. The summed E-state index contributed by atoms with van der Waals surface area (Å²) in [5.41, 5.74) is 6.15. The molecule has 4 rings (SSSR count). The number of nitrogens with zero attached hydrogens (tertiary/aromatic N) is 2. The largest absolute Gasteiger partial charge is 0.376 e. The van der Waals surface area contributed by atoms with Crippen molar-refractivity contribution in [1.82, 2.24) is 9.36 Å². The van der Waals surface area contributed by atoms with Gasteiger partial charge >= 0.3 is 0 Å². The van der Waals surface area contributed by atoms with E-state index in [1.54, 1.807) is 0 Å². The highest BCUT2D eigenvalue weighted by molar-refractivity contribution is 7.09. The standard InChI is InChI=1S/C11H16N4OS/c12-7-6-3-4-16-9(6)8(7)13-11-14-10(15-17-11)5-1-2-5/h5-9H,1-4,12H2,(H,13,14,15). The van der Waals surface area contributed by atoms with Crippen LogP contribution < -0.4 is 11.1 Å². The third-order valence-electron chi connectivity index (χ3n) is 4.12. The molecule has 0 spiro atoms. The number of ether oxygens (including phenoxy) is 1. The topological polar surface area (TPSA) is 73.1 Å². The van der Waals surface area contributed by atoms with Crippen LogP contribution in [0.15, 0.2) is 0 Å². The predicted octanol–water partition coefficient (Wildman–Crippen LogP) is 0.942. The average molecular weight is 252 g/mol. The van der Waals surface area contributed by atoms with Gasteiger partial charge in [0.25, 0.3) is 0 Å². The van der Waals surface area contributed by atoms with E-state index < -0.39 is 0 Å². The molecule has 0 bridgehead atoms. The Kier molecular flexibility index (Phi) is 2.19. The van der Waals surface area contributed by atoms with E-state index in [0.717, 1.165) is 24.0 Å². The van der Waals surface area contributed by atoms with Crippen molar-refractivity contribution in [3.8, 4) is 0 Å². The van der Waals surface area contributed by atoms with Crippen molar-refractivity contribution in [3.05, 3.63) is 5.82 Å². The molecule has 5 nitrogen and oxygen atoms in total. The second kappa shape index (κ2) is 3.63. The number of fused-ring (bicyclic) bond motifs is 1. The Balaban J connectivity index is 1.45. The summed E-state index contributed by atoms with van der Waals surface area (Å²) in [6.07, 6.45) is 3.88. The van der Waals surface area contributed by atoms with E-state index in [0.29, 0.717) is 17.9 Å². The molecule has 2 heterocycles. The van der Waals surface area contributed by atoms with E-state index in [-0.39, 0.29) is 12.1 Å². The van der Waals surface area contributed by atoms with Crippen LogP contribution in [0.4, 0.5) is 5.13 Å². The summed E-state index contributed by atoms with van der Waals surface area (Å²) in [5, 5.41) is 4.30. The fourth-order valence-electron chi connectivity index (χ4n) is 2.87. The summed E-state index contributed by atoms with van der Waals surface area (Å²) in [7, 11) is 0. The summed E-state index contributed by atoms with van der Waals surface area (Å²) in [5.74, 6) is 2.17. The molecule has 3 N–H and O–H groups in total. The number of hydrogen-bond acceptors (Lipinski definition) is 6. The first-order valence-corrected chi connectivity index (χ1v) is 7.07. The Labute approximate surface area is 104 Å². The van der Waals surface area contributed by atoms with Gasteiger partial charge < -0.3 is 15.8 Å². The average Bonchev–Trinajstić information content (AvgIpc) is 2.93. The molecule has 0 radical (unpaired) electrons. The van der Waals surface area contributed by atoms with Crippen molar-refractivity contribution in [2.45, 2.75) is 43.4 Å². The molecule has 1 aliphatic heterocycles. The first-order valence-electron chi connectivity index (χ1n) is 6.30. The zero-order valence-corrected chi connectivity index (χ0v) is 10.3. The van der Waals surface area contributed by atoms with Crippen LogP contribution in [0, 0.1) is 5.92 Å².